The summed E-state index contributed by atoms with van der Waals surface area (Å²) in [6.07, 6.45) is 5.72. The highest BCUT2D eigenvalue weighted by Crippen LogP contribution is 2.28. The number of carbonyl (C=O) groups excluding carboxylic acids is 1. The van der Waals surface area contributed by atoms with E-state index < -0.39 is 0 Å². The van der Waals surface area contributed by atoms with Gasteiger partial charge in [-0.1, -0.05) is 25.0 Å². The first kappa shape index (κ1) is 12.2. The molecule has 1 saturated carbocycles. The molecule has 1 aliphatic rings. The van der Waals surface area contributed by atoms with E-state index in [4.69, 9.17) is 0 Å². The molecule has 2 nitrogen and oxygen atoms in total. The molecule has 1 fully saturated rings. The van der Waals surface area contributed by atoms with E-state index in [1.54, 1.807) is 0 Å². The van der Waals surface area contributed by atoms with Crippen LogP contribution in [0.5, 0.6) is 0 Å². The SMILES string of the molecule is Cc1cccc(NC(=O)CC2CCCC2)c1C. The Labute approximate surface area is 103 Å². The summed E-state index contributed by atoms with van der Waals surface area (Å²) >= 11 is 0. The molecule has 1 amide bonds. The predicted octanol–water partition coefficient (Wildman–Crippen LogP) is 3.82. The predicted molar refractivity (Wildman–Crippen MR) is 71.1 cm³/mol. The topological polar surface area (TPSA) is 29.1 Å². The number of hydrogen-bond acceptors (Lipinski definition) is 1. The van der Waals surface area contributed by atoms with Crippen LogP contribution in [0.2, 0.25) is 0 Å². The maximum atomic E-state index is 11.9. The van der Waals surface area contributed by atoms with Crippen LogP contribution in [0.25, 0.3) is 0 Å². The van der Waals surface area contributed by atoms with Crippen LogP contribution >= 0.6 is 0 Å². The second kappa shape index (κ2) is 5.35. The molecule has 0 aromatic heterocycles. The number of aryl methyl sites for hydroxylation is 1. The van der Waals surface area contributed by atoms with Gasteiger partial charge in [0.2, 0.25) is 5.91 Å². The van der Waals surface area contributed by atoms with Crippen LogP contribution in [0.1, 0.15) is 43.2 Å². The second-order valence-corrected chi connectivity index (χ2v) is 5.15. The highest BCUT2D eigenvalue weighted by atomic mass is 16.1. The van der Waals surface area contributed by atoms with Crippen molar-refractivity contribution in [3.8, 4) is 0 Å². The van der Waals surface area contributed by atoms with Crippen LogP contribution in [-0.4, -0.2) is 5.91 Å². The zero-order valence-corrected chi connectivity index (χ0v) is 10.8. The van der Waals surface area contributed by atoms with Crippen molar-refractivity contribution in [1.82, 2.24) is 0 Å². The molecular weight excluding hydrogens is 210 g/mol. The van der Waals surface area contributed by atoms with Crippen molar-refractivity contribution in [3.05, 3.63) is 29.3 Å². The van der Waals surface area contributed by atoms with Gasteiger partial charge in [0.15, 0.2) is 0 Å². The van der Waals surface area contributed by atoms with Gasteiger partial charge in [-0.2, -0.15) is 0 Å². The molecule has 0 heterocycles. The summed E-state index contributed by atoms with van der Waals surface area (Å²) in [5, 5.41) is 3.04. The van der Waals surface area contributed by atoms with Crippen molar-refractivity contribution in [2.45, 2.75) is 46.0 Å². The number of carbonyl (C=O) groups is 1. The van der Waals surface area contributed by atoms with Gasteiger partial charge in [-0.3, -0.25) is 4.79 Å². The molecule has 0 radical (unpaired) electrons. The normalized spacial score (nSPS) is 16.1. The molecule has 0 atom stereocenters. The number of rotatable bonds is 3. The van der Waals surface area contributed by atoms with E-state index in [2.05, 4.69) is 25.2 Å². The first-order chi connectivity index (χ1) is 8.16. The van der Waals surface area contributed by atoms with E-state index in [9.17, 15) is 4.79 Å². The fourth-order valence-corrected chi connectivity index (χ4v) is 2.56. The van der Waals surface area contributed by atoms with Crippen molar-refractivity contribution in [1.29, 1.82) is 0 Å². The molecule has 1 aromatic rings. The minimum Gasteiger partial charge on any atom is -0.326 e. The molecule has 0 unspecified atom stereocenters. The third-order valence-corrected chi connectivity index (χ3v) is 3.83. The Balaban J connectivity index is 1.95. The van der Waals surface area contributed by atoms with Gasteiger partial charge in [0.05, 0.1) is 0 Å². The molecule has 2 rings (SSSR count). The number of hydrogen-bond donors (Lipinski definition) is 1. The fraction of sp³-hybridized carbons (Fsp3) is 0.533. The van der Waals surface area contributed by atoms with Gasteiger partial charge in [-0.15, -0.1) is 0 Å². The van der Waals surface area contributed by atoms with E-state index in [0.29, 0.717) is 12.3 Å². The van der Waals surface area contributed by atoms with Crippen LogP contribution in [0.4, 0.5) is 5.69 Å². The largest absolute Gasteiger partial charge is 0.326 e. The zero-order valence-electron chi connectivity index (χ0n) is 10.8. The molecule has 1 aliphatic carbocycles. The Bertz CT molecular complexity index is 405. The second-order valence-electron chi connectivity index (χ2n) is 5.15. The molecule has 1 aromatic carbocycles. The lowest BCUT2D eigenvalue weighted by molar-refractivity contribution is -0.117. The maximum absolute atomic E-state index is 11.9. The molecule has 17 heavy (non-hydrogen) atoms. The molecule has 0 spiro atoms. The van der Waals surface area contributed by atoms with E-state index in [0.717, 1.165) is 5.69 Å². The summed E-state index contributed by atoms with van der Waals surface area (Å²) in [6, 6.07) is 6.05. The number of anilines is 1. The molecule has 2 heteroatoms. The van der Waals surface area contributed by atoms with Crippen LogP contribution < -0.4 is 5.32 Å². The Morgan fingerprint density at radius 1 is 1.29 bits per heavy atom. The van der Waals surface area contributed by atoms with Gasteiger partial charge in [0.1, 0.15) is 0 Å². The summed E-state index contributed by atoms with van der Waals surface area (Å²) < 4.78 is 0. The lowest BCUT2D eigenvalue weighted by Crippen LogP contribution is -2.15. The zero-order chi connectivity index (χ0) is 12.3. The number of nitrogens with one attached hydrogen (secondary N) is 1. The summed E-state index contributed by atoms with van der Waals surface area (Å²) in [4.78, 5) is 11.9. The first-order valence-corrected chi connectivity index (χ1v) is 6.53. The summed E-state index contributed by atoms with van der Waals surface area (Å²) in [7, 11) is 0. The number of benzene rings is 1. The molecule has 92 valence electrons. The van der Waals surface area contributed by atoms with E-state index in [1.807, 2.05) is 12.1 Å². The van der Waals surface area contributed by atoms with Crippen LogP contribution in [0.15, 0.2) is 18.2 Å². The Hall–Kier alpha value is -1.31. The van der Waals surface area contributed by atoms with Crippen molar-refractivity contribution in [2.75, 3.05) is 5.32 Å². The van der Waals surface area contributed by atoms with Gasteiger partial charge >= 0.3 is 0 Å². The summed E-state index contributed by atoms with van der Waals surface area (Å²) in [6.45, 7) is 4.13. The van der Waals surface area contributed by atoms with Crippen molar-refractivity contribution < 1.29 is 4.79 Å². The monoisotopic (exact) mass is 231 g/mol. The lowest BCUT2D eigenvalue weighted by atomic mass is 10.0. The van der Waals surface area contributed by atoms with Gasteiger partial charge in [0, 0.05) is 12.1 Å². The summed E-state index contributed by atoms with van der Waals surface area (Å²) in [5.41, 5.74) is 3.36. The third kappa shape index (κ3) is 3.09. The Morgan fingerprint density at radius 3 is 2.71 bits per heavy atom. The highest BCUT2D eigenvalue weighted by molar-refractivity contribution is 5.91. The summed E-state index contributed by atoms with van der Waals surface area (Å²) in [5.74, 6) is 0.783. The minimum atomic E-state index is 0.172. The fourth-order valence-electron chi connectivity index (χ4n) is 2.56. The van der Waals surface area contributed by atoms with Crippen LogP contribution in [0, 0.1) is 19.8 Å². The Kier molecular flexibility index (Phi) is 3.82. The van der Waals surface area contributed by atoms with Crippen LogP contribution in [0.3, 0.4) is 0 Å². The van der Waals surface area contributed by atoms with Gasteiger partial charge < -0.3 is 5.32 Å². The average molecular weight is 231 g/mol. The molecular formula is C15H21NO. The lowest BCUT2D eigenvalue weighted by Gasteiger charge is -2.12. The van der Waals surface area contributed by atoms with Gasteiger partial charge in [-0.05, 0) is 49.8 Å². The quantitative estimate of drug-likeness (QED) is 0.841. The van der Waals surface area contributed by atoms with Crippen molar-refractivity contribution >= 4 is 11.6 Å². The molecule has 0 saturated heterocycles. The van der Waals surface area contributed by atoms with E-state index >= 15 is 0 Å². The average Bonchev–Trinajstić information content (AvgIpc) is 2.77. The maximum Gasteiger partial charge on any atom is 0.224 e. The molecule has 1 N–H and O–H groups in total. The standard InChI is InChI=1S/C15H21NO/c1-11-6-5-9-14(12(11)2)16-15(17)10-13-7-3-4-8-13/h5-6,9,13H,3-4,7-8,10H2,1-2H3,(H,16,17). The van der Waals surface area contributed by atoms with Crippen LogP contribution in [-0.2, 0) is 4.79 Å². The number of amides is 1. The van der Waals surface area contributed by atoms with E-state index in [1.165, 1.54) is 36.8 Å². The smallest absolute Gasteiger partial charge is 0.224 e. The third-order valence-electron chi connectivity index (χ3n) is 3.83. The van der Waals surface area contributed by atoms with E-state index in [-0.39, 0.29) is 5.91 Å². The molecule has 0 aliphatic heterocycles. The highest BCUT2D eigenvalue weighted by Gasteiger charge is 2.18. The van der Waals surface area contributed by atoms with Crippen molar-refractivity contribution in [2.24, 2.45) is 5.92 Å². The first-order valence-electron chi connectivity index (χ1n) is 6.53. The van der Waals surface area contributed by atoms with Gasteiger partial charge in [-0.25, -0.2) is 0 Å². The van der Waals surface area contributed by atoms with Crippen molar-refractivity contribution in [3.63, 3.8) is 0 Å². The minimum absolute atomic E-state index is 0.172. The Morgan fingerprint density at radius 2 is 2.00 bits per heavy atom. The molecule has 0 bridgehead atoms. The van der Waals surface area contributed by atoms with Gasteiger partial charge in [0.25, 0.3) is 0 Å².